The van der Waals surface area contributed by atoms with Gasteiger partial charge in [0.2, 0.25) is 5.43 Å². The van der Waals surface area contributed by atoms with E-state index in [1.807, 2.05) is 0 Å². The van der Waals surface area contributed by atoms with Crippen LogP contribution < -0.4 is 15.8 Å². The number of phenols is 1. The number of piperazine rings is 1. The summed E-state index contributed by atoms with van der Waals surface area (Å²) in [5.41, 5.74) is 3.37. The standard InChI is InChI=1S/C20H20FN5O5S/c1-10-18(32-9-23-10)19(29)25-5-3-24(4-6-25)15-13(21)7-11-14(17(15)28)26(22-2)8-12(16(11)27)20(30)31/h7-9,22,28H,3-6H2,1-2H3,(H,30,31). The summed E-state index contributed by atoms with van der Waals surface area (Å²) < 4.78 is 16.2. The molecule has 1 aliphatic rings. The maximum absolute atomic E-state index is 15.0. The zero-order valence-electron chi connectivity index (χ0n) is 17.3. The van der Waals surface area contributed by atoms with Gasteiger partial charge in [0.15, 0.2) is 11.6 Å². The van der Waals surface area contributed by atoms with Crippen LogP contribution in [-0.4, -0.2) is 69.9 Å². The fourth-order valence-electron chi connectivity index (χ4n) is 3.84. The van der Waals surface area contributed by atoms with Gasteiger partial charge in [0, 0.05) is 39.4 Å². The van der Waals surface area contributed by atoms with E-state index in [9.17, 15) is 24.6 Å². The van der Waals surface area contributed by atoms with Gasteiger partial charge in [-0.05, 0) is 13.0 Å². The zero-order valence-corrected chi connectivity index (χ0v) is 18.1. The summed E-state index contributed by atoms with van der Waals surface area (Å²) in [7, 11) is 1.48. The van der Waals surface area contributed by atoms with Gasteiger partial charge in [0.1, 0.15) is 21.6 Å². The van der Waals surface area contributed by atoms with Crippen molar-refractivity contribution in [2.45, 2.75) is 6.92 Å². The van der Waals surface area contributed by atoms with E-state index < -0.39 is 28.5 Å². The molecule has 4 rings (SSSR count). The van der Waals surface area contributed by atoms with E-state index in [1.165, 1.54) is 23.1 Å². The molecule has 1 aliphatic heterocycles. The number of aryl methyl sites for hydroxylation is 1. The molecule has 12 heteroatoms. The minimum absolute atomic E-state index is 0.0299. The number of hydrogen-bond donors (Lipinski definition) is 3. The van der Waals surface area contributed by atoms with Crippen molar-refractivity contribution < 1.29 is 24.2 Å². The first kappa shape index (κ1) is 21.6. The van der Waals surface area contributed by atoms with Crippen molar-refractivity contribution in [2.75, 3.05) is 43.6 Å². The monoisotopic (exact) mass is 461 g/mol. The average Bonchev–Trinajstić information content (AvgIpc) is 3.20. The molecule has 0 saturated carbocycles. The van der Waals surface area contributed by atoms with Crippen LogP contribution in [0.4, 0.5) is 10.1 Å². The SMILES string of the molecule is CNn1cc(C(=O)O)c(=O)c2cc(F)c(N3CCN(C(=O)c4scnc4C)CC3)c(O)c21. The minimum Gasteiger partial charge on any atom is -0.504 e. The third-order valence-corrected chi connectivity index (χ3v) is 6.40. The number of aromatic hydroxyl groups is 1. The molecule has 3 N–H and O–H groups in total. The largest absolute Gasteiger partial charge is 0.504 e. The highest BCUT2D eigenvalue weighted by Gasteiger charge is 2.29. The van der Waals surface area contributed by atoms with Crippen LogP contribution in [0.2, 0.25) is 0 Å². The number of carboxylic acid groups (broad SMARTS) is 1. The Bertz CT molecular complexity index is 1300. The van der Waals surface area contributed by atoms with E-state index in [0.717, 1.165) is 12.3 Å². The van der Waals surface area contributed by atoms with E-state index in [1.54, 1.807) is 22.2 Å². The number of anilines is 1. The summed E-state index contributed by atoms with van der Waals surface area (Å²) in [6, 6.07) is 0.936. The number of carboxylic acids is 1. The Hall–Kier alpha value is -3.67. The zero-order chi connectivity index (χ0) is 23.2. The van der Waals surface area contributed by atoms with Gasteiger partial charge < -0.3 is 25.4 Å². The quantitative estimate of drug-likeness (QED) is 0.533. The second-order valence-corrected chi connectivity index (χ2v) is 8.12. The van der Waals surface area contributed by atoms with Gasteiger partial charge in [-0.1, -0.05) is 0 Å². The molecule has 0 bridgehead atoms. The Labute approximate surface area is 185 Å². The van der Waals surface area contributed by atoms with Gasteiger partial charge in [-0.2, -0.15) is 0 Å². The molecule has 0 aliphatic carbocycles. The third kappa shape index (κ3) is 3.42. The molecule has 3 aromatic rings. The second-order valence-electron chi connectivity index (χ2n) is 7.27. The number of rotatable bonds is 4. The molecule has 0 radical (unpaired) electrons. The van der Waals surface area contributed by atoms with Gasteiger partial charge in [-0.25, -0.2) is 14.2 Å². The van der Waals surface area contributed by atoms with Crippen LogP contribution in [0.25, 0.3) is 10.9 Å². The normalized spacial score (nSPS) is 14.1. The molecule has 0 spiro atoms. The van der Waals surface area contributed by atoms with Crippen molar-refractivity contribution in [1.82, 2.24) is 14.6 Å². The Balaban J connectivity index is 1.69. The van der Waals surface area contributed by atoms with Crippen molar-refractivity contribution in [2.24, 2.45) is 0 Å². The van der Waals surface area contributed by atoms with Crippen molar-refractivity contribution >= 4 is 39.8 Å². The summed E-state index contributed by atoms with van der Waals surface area (Å²) in [6.07, 6.45) is 1.04. The van der Waals surface area contributed by atoms with Crippen molar-refractivity contribution in [3.8, 4) is 5.75 Å². The molecule has 1 saturated heterocycles. The van der Waals surface area contributed by atoms with Gasteiger partial charge in [-0.3, -0.25) is 14.3 Å². The molecule has 3 heterocycles. The molecular weight excluding hydrogens is 441 g/mol. The minimum atomic E-state index is -1.46. The molecule has 1 aromatic carbocycles. The van der Waals surface area contributed by atoms with Gasteiger partial charge in [0.25, 0.3) is 5.91 Å². The number of pyridine rings is 1. The van der Waals surface area contributed by atoms with Crippen molar-refractivity contribution in [3.05, 3.63) is 49.9 Å². The topological polar surface area (TPSA) is 128 Å². The molecular formula is C20H20FN5O5S. The lowest BCUT2D eigenvalue weighted by Gasteiger charge is -2.36. The number of hydrogen-bond acceptors (Lipinski definition) is 8. The molecule has 0 atom stereocenters. The summed E-state index contributed by atoms with van der Waals surface area (Å²) in [6.45, 7) is 2.90. The van der Waals surface area contributed by atoms with Crippen LogP contribution in [-0.2, 0) is 0 Å². The first-order chi connectivity index (χ1) is 15.2. The molecule has 1 fully saturated rings. The number of aromatic carboxylic acids is 1. The number of fused-ring (bicyclic) bond motifs is 1. The number of carbonyl (C=O) groups is 2. The summed E-state index contributed by atoms with van der Waals surface area (Å²) in [5.74, 6) is -2.93. The molecule has 1 amide bonds. The fourth-order valence-corrected chi connectivity index (χ4v) is 4.61. The number of aromatic nitrogens is 2. The summed E-state index contributed by atoms with van der Waals surface area (Å²) in [5, 5.41) is 19.9. The highest BCUT2D eigenvalue weighted by atomic mass is 32.1. The lowest BCUT2D eigenvalue weighted by Crippen LogP contribution is -2.49. The highest BCUT2D eigenvalue weighted by molar-refractivity contribution is 7.11. The third-order valence-electron chi connectivity index (χ3n) is 5.48. The van der Waals surface area contributed by atoms with Crippen molar-refractivity contribution in [3.63, 3.8) is 0 Å². The predicted octanol–water partition coefficient (Wildman–Crippen LogP) is 1.45. The lowest BCUT2D eigenvalue weighted by atomic mass is 10.1. The number of nitrogens with one attached hydrogen (secondary N) is 1. The maximum atomic E-state index is 15.0. The second kappa shape index (κ2) is 8.11. The molecule has 32 heavy (non-hydrogen) atoms. The summed E-state index contributed by atoms with van der Waals surface area (Å²) >= 11 is 1.27. The summed E-state index contributed by atoms with van der Waals surface area (Å²) in [4.78, 5) is 44.5. The lowest BCUT2D eigenvalue weighted by molar-refractivity contribution is 0.0693. The number of carbonyl (C=O) groups excluding carboxylic acids is 1. The Kier molecular flexibility index (Phi) is 5.46. The van der Waals surface area contributed by atoms with Gasteiger partial charge >= 0.3 is 5.97 Å². The number of thiazole rings is 1. The van der Waals surface area contributed by atoms with Crippen LogP contribution in [0.15, 0.2) is 22.6 Å². The van der Waals surface area contributed by atoms with E-state index >= 15 is 4.39 Å². The smallest absolute Gasteiger partial charge is 0.341 e. The van der Waals surface area contributed by atoms with Crippen LogP contribution >= 0.6 is 11.3 Å². The number of amides is 1. The van der Waals surface area contributed by atoms with E-state index in [0.29, 0.717) is 23.7 Å². The first-order valence-electron chi connectivity index (χ1n) is 9.70. The van der Waals surface area contributed by atoms with Gasteiger partial charge in [0.05, 0.1) is 16.6 Å². The number of phenolic OH excluding ortho intramolecular Hbond substituents is 1. The van der Waals surface area contributed by atoms with E-state index in [4.69, 9.17) is 0 Å². The van der Waals surface area contributed by atoms with Crippen LogP contribution in [0.5, 0.6) is 5.75 Å². The number of benzene rings is 1. The van der Waals surface area contributed by atoms with Crippen LogP contribution in [0.3, 0.4) is 0 Å². The predicted molar refractivity (Wildman–Crippen MR) is 117 cm³/mol. The molecule has 0 unspecified atom stereocenters. The van der Waals surface area contributed by atoms with Crippen molar-refractivity contribution in [1.29, 1.82) is 0 Å². The van der Waals surface area contributed by atoms with Crippen LogP contribution in [0.1, 0.15) is 25.7 Å². The molecule has 168 valence electrons. The average molecular weight is 461 g/mol. The molecule has 10 nitrogen and oxygen atoms in total. The fraction of sp³-hybridized carbons (Fsp3) is 0.300. The first-order valence-corrected chi connectivity index (χ1v) is 10.6. The number of halogens is 1. The Morgan fingerprint density at radius 3 is 2.50 bits per heavy atom. The van der Waals surface area contributed by atoms with E-state index in [-0.39, 0.29) is 35.6 Å². The van der Waals surface area contributed by atoms with E-state index in [2.05, 4.69) is 10.4 Å². The van der Waals surface area contributed by atoms with Gasteiger partial charge in [-0.15, -0.1) is 11.3 Å². The highest BCUT2D eigenvalue weighted by Crippen LogP contribution is 2.37. The Morgan fingerprint density at radius 1 is 1.25 bits per heavy atom. The molecule has 2 aromatic heterocycles. The Morgan fingerprint density at radius 2 is 1.94 bits per heavy atom. The van der Waals surface area contributed by atoms with Crippen LogP contribution in [0, 0.1) is 12.7 Å². The maximum Gasteiger partial charge on any atom is 0.341 e. The number of nitrogens with zero attached hydrogens (tertiary/aromatic N) is 4.